The van der Waals surface area contributed by atoms with E-state index in [0.29, 0.717) is 33.8 Å². The summed E-state index contributed by atoms with van der Waals surface area (Å²) in [7, 11) is 0. The Morgan fingerprint density at radius 3 is 2.51 bits per heavy atom. The zero-order chi connectivity index (χ0) is 23.9. The van der Waals surface area contributed by atoms with Gasteiger partial charge in [0.25, 0.3) is 5.56 Å². The van der Waals surface area contributed by atoms with Crippen LogP contribution in [0.15, 0.2) is 87.3 Å². The van der Waals surface area contributed by atoms with Crippen LogP contribution >= 0.6 is 11.8 Å². The van der Waals surface area contributed by atoms with Gasteiger partial charge in [0.1, 0.15) is 0 Å². The van der Waals surface area contributed by atoms with Gasteiger partial charge in [-0.05, 0) is 43.7 Å². The molecule has 9 heteroatoms. The summed E-state index contributed by atoms with van der Waals surface area (Å²) in [5, 5.41) is 14.2. The maximum Gasteiger partial charge on any atom is 0.267 e. The van der Waals surface area contributed by atoms with E-state index in [2.05, 4.69) is 20.3 Å². The molecule has 0 radical (unpaired) electrons. The summed E-state index contributed by atoms with van der Waals surface area (Å²) in [6, 6.07) is 23.2. The number of aromatic nitrogens is 6. The van der Waals surface area contributed by atoms with E-state index in [-0.39, 0.29) is 5.56 Å². The van der Waals surface area contributed by atoms with Crippen LogP contribution in [0, 0.1) is 13.8 Å². The van der Waals surface area contributed by atoms with Gasteiger partial charge in [-0.25, -0.2) is 4.57 Å². The fourth-order valence-corrected chi connectivity index (χ4v) is 4.85. The molecule has 0 aliphatic carbocycles. The molecule has 0 bridgehead atoms. The van der Waals surface area contributed by atoms with Crippen LogP contribution in [0.5, 0.6) is 0 Å². The highest BCUT2D eigenvalue weighted by Crippen LogP contribution is 2.27. The summed E-state index contributed by atoms with van der Waals surface area (Å²) < 4.78 is 9.00. The molecule has 0 spiro atoms. The maximum absolute atomic E-state index is 13.4. The molecule has 0 N–H and O–H groups in total. The Kier molecular flexibility index (Phi) is 5.18. The maximum atomic E-state index is 13.4. The molecule has 8 nitrogen and oxygen atoms in total. The fraction of sp³-hybridized carbons (Fsp3) is 0.115. The second kappa shape index (κ2) is 8.52. The molecule has 0 saturated carbocycles. The van der Waals surface area contributed by atoms with E-state index >= 15 is 0 Å². The Labute approximate surface area is 204 Å². The molecular weight excluding hydrogens is 460 g/mol. The van der Waals surface area contributed by atoms with E-state index in [1.54, 1.807) is 4.57 Å². The number of aryl methyl sites for hydroxylation is 2. The summed E-state index contributed by atoms with van der Waals surface area (Å²) in [6.07, 6.45) is 0. The molecule has 0 unspecified atom stereocenters. The van der Waals surface area contributed by atoms with Crippen LogP contribution in [0.3, 0.4) is 0 Å². The number of nitrogens with zero attached hydrogens (tertiary/aromatic N) is 6. The van der Waals surface area contributed by atoms with Gasteiger partial charge < -0.3 is 4.52 Å². The van der Waals surface area contributed by atoms with Crippen molar-refractivity contribution in [3.05, 3.63) is 100 Å². The van der Waals surface area contributed by atoms with Crippen molar-refractivity contribution in [1.29, 1.82) is 0 Å². The van der Waals surface area contributed by atoms with Crippen molar-refractivity contribution in [1.82, 2.24) is 29.3 Å². The lowest BCUT2D eigenvalue weighted by Crippen LogP contribution is -2.21. The van der Waals surface area contributed by atoms with E-state index in [1.807, 2.05) is 91.0 Å². The highest BCUT2D eigenvalue weighted by atomic mass is 32.2. The summed E-state index contributed by atoms with van der Waals surface area (Å²) in [5.41, 5.74) is 4.47. The standard InChI is InChI=1S/C26H20N6O2S/c1-16-11-13-18(14-12-16)31-24(33)20-9-5-6-10-21(20)32-25(31)28-29-26(32)35-15-22-27-23(30-34-22)19-8-4-3-7-17(19)2/h3-14H,15H2,1-2H3. The first-order valence-electron chi connectivity index (χ1n) is 11.1. The molecule has 3 aromatic heterocycles. The SMILES string of the molecule is Cc1ccc(-n2c(=O)c3ccccc3n3c(SCc4nc(-c5ccccc5C)no4)nnc23)cc1. The number of rotatable bonds is 5. The summed E-state index contributed by atoms with van der Waals surface area (Å²) in [6.45, 7) is 4.03. The lowest BCUT2D eigenvalue weighted by Gasteiger charge is -2.11. The molecule has 0 saturated heterocycles. The van der Waals surface area contributed by atoms with E-state index < -0.39 is 0 Å². The Morgan fingerprint density at radius 2 is 1.69 bits per heavy atom. The minimum Gasteiger partial charge on any atom is -0.338 e. The second-order valence-electron chi connectivity index (χ2n) is 8.23. The molecule has 3 heterocycles. The number of benzene rings is 3. The van der Waals surface area contributed by atoms with Crippen LogP contribution in [0.4, 0.5) is 0 Å². The van der Waals surface area contributed by atoms with Crippen LogP contribution in [-0.4, -0.2) is 29.3 Å². The summed E-state index contributed by atoms with van der Waals surface area (Å²) in [4.78, 5) is 18.0. The van der Waals surface area contributed by atoms with Gasteiger partial charge in [-0.15, -0.1) is 10.2 Å². The van der Waals surface area contributed by atoms with Gasteiger partial charge in [0.2, 0.25) is 17.5 Å². The first kappa shape index (κ1) is 21.3. The van der Waals surface area contributed by atoms with Crippen molar-refractivity contribution in [2.24, 2.45) is 0 Å². The van der Waals surface area contributed by atoms with Gasteiger partial charge in [-0.2, -0.15) is 4.98 Å². The number of para-hydroxylation sites is 1. The van der Waals surface area contributed by atoms with Crippen LogP contribution in [0.1, 0.15) is 17.0 Å². The third-order valence-corrected chi connectivity index (χ3v) is 6.78. The lowest BCUT2D eigenvalue weighted by molar-refractivity contribution is 0.391. The van der Waals surface area contributed by atoms with Gasteiger partial charge in [-0.3, -0.25) is 9.20 Å². The zero-order valence-corrected chi connectivity index (χ0v) is 19.9. The van der Waals surface area contributed by atoms with Gasteiger partial charge in [0.15, 0.2) is 5.16 Å². The smallest absolute Gasteiger partial charge is 0.267 e. The predicted molar refractivity (Wildman–Crippen MR) is 135 cm³/mol. The number of thioether (sulfide) groups is 1. The van der Waals surface area contributed by atoms with Crippen molar-refractivity contribution in [2.75, 3.05) is 0 Å². The number of fused-ring (bicyclic) bond motifs is 3. The molecule has 0 fully saturated rings. The van der Waals surface area contributed by atoms with E-state index in [0.717, 1.165) is 27.9 Å². The molecule has 6 rings (SSSR count). The molecule has 6 aromatic rings. The lowest BCUT2D eigenvalue weighted by atomic mass is 10.1. The highest BCUT2D eigenvalue weighted by molar-refractivity contribution is 7.98. The topological polar surface area (TPSA) is 91.1 Å². The van der Waals surface area contributed by atoms with Crippen LogP contribution in [0.2, 0.25) is 0 Å². The van der Waals surface area contributed by atoms with Crippen LogP contribution in [0.25, 0.3) is 33.8 Å². The van der Waals surface area contributed by atoms with Crippen molar-refractivity contribution < 1.29 is 4.52 Å². The van der Waals surface area contributed by atoms with Gasteiger partial charge in [0, 0.05) is 5.56 Å². The van der Waals surface area contributed by atoms with Crippen molar-refractivity contribution in [3.8, 4) is 17.1 Å². The van der Waals surface area contributed by atoms with Crippen LogP contribution in [-0.2, 0) is 5.75 Å². The third-order valence-electron chi connectivity index (χ3n) is 5.87. The summed E-state index contributed by atoms with van der Waals surface area (Å²) in [5.74, 6) is 1.91. The zero-order valence-electron chi connectivity index (χ0n) is 19.0. The van der Waals surface area contributed by atoms with Crippen molar-refractivity contribution in [3.63, 3.8) is 0 Å². The molecular formula is C26H20N6O2S. The first-order valence-corrected chi connectivity index (χ1v) is 12.1. The molecule has 0 atom stereocenters. The number of hydrogen-bond donors (Lipinski definition) is 0. The predicted octanol–water partition coefficient (Wildman–Crippen LogP) is 4.99. The molecule has 0 aliphatic rings. The van der Waals surface area contributed by atoms with Crippen molar-refractivity contribution >= 4 is 28.4 Å². The van der Waals surface area contributed by atoms with E-state index in [1.165, 1.54) is 11.8 Å². The largest absolute Gasteiger partial charge is 0.338 e. The fourth-order valence-electron chi connectivity index (χ4n) is 4.07. The Bertz CT molecular complexity index is 1750. The second-order valence-corrected chi connectivity index (χ2v) is 9.17. The van der Waals surface area contributed by atoms with Gasteiger partial charge >= 0.3 is 0 Å². The average Bonchev–Trinajstić information content (AvgIpc) is 3.52. The molecule has 3 aromatic carbocycles. The Hall–Kier alpha value is -4.24. The normalized spacial score (nSPS) is 11.5. The molecule has 0 aliphatic heterocycles. The Balaban J connectivity index is 1.42. The quantitative estimate of drug-likeness (QED) is 0.321. The first-order chi connectivity index (χ1) is 17.1. The van der Waals surface area contributed by atoms with Gasteiger partial charge in [-0.1, -0.05) is 71.0 Å². The van der Waals surface area contributed by atoms with Crippen LogP contribution < -0.4 is 5.56 Å². The number of hydrogen-bond acceptors (Lipinski definition) is 7. The summed E-state index contributed by atoms with van der Waals surface area (Å²) >= 11 is 1.43. The molecule has 172 valence electrons. The third kappa shape index (κ3) is 3.70. The highest BCUT2D eigenvalue weighted by Gasteiger charge is 2.19. The van der Waals surface area contributed by atoms with E-state index in [4.69, 9.17) is 4.52 Å². The van der Waals surface area contributed by atoms with Crippen molar-refractivity contribution in [2.45, 2.75) is 24.8 Å². The average molecular weight is 481 g/mol. The van der Waals surface area contributed by atoms with E-state index in [9.17, 15) is 4.79 Å². The molecule has 0 amide bonds. The van der Waals surface area contributed by atoms with Gasteiger partial charge in [0.05, 0.1) is 22.3 Å². The minimum atomic E-state index is -0.138. The monoisotopic (exact) mass is 480 g/mol. The molecule has 35 heavy (non-hydrogen) atoms. The minimum absolute atomic E-state index is 0.138. The Morgan fingerprint density at radius 1 is 0.914 bits per heavy atom.